The quantitative estimate of drug-likeness (QED) is 0.784. The van der Waals surface area contributed by atoms with Crippen molar-refractivity contribution in [1.29, 1.82) is 0 Å². The molecule has 2 nitrogen and oxygen atoms in total. The first kappa shape index (κ1) is 13.7. The molecule has 0 bridgehead atoms. The summed E-state index contributed by atoms with van der Waals surface area (Å²) < 4.78 is 13.6. The van der Waals surface area contributed by atoms with Crippen LogP contribution in [0.2, 0.25) is 0 Å². The van der Waals surface area contributed by atoms with E-state index in [2.05, 4.69) is 16.4 Å². The predicted molar refractivity (Wildman–Crippen MR) is 83.8 cm³/mol. The van der Waals surface area contributed by atoms with Crippen LogP contribution in [0.5, 0.6) is 0 Å². The summed E-state index contributed by atoms with van der Waals surface area (Å²) in [6, 6.07) is 15.1. The van der Waals surface area contributed by atoms with E-state index in [9.17, 15) is 4.39 Å². The Kier molecular flexibility index (Phi) is 3.67. The van der Waals surface area contributed by atoms with Crippen molar-refractivity contribution in [2.24, 2.45) is 0 Å². The fourth-order valence-corrected chi connectivity index (χ4v) is 2.70. The number of benzene rings is 2. The van der Waals surface area contributed by atoms with Crippen LogP contribution in [0.1, 0.15) is 22.7 Å². The highest BCUT2D eigenvalue weighted by Crippen LogP contribution is 2.25. The Balaban J connectivity index is 2.08. The number of hydrogen-bond donors (Lipinski definition) is 1. The molecule has 2 aromatic carbocycles. The van der Waals surface area contributed by atoms with Crippen molar-refractivity contribution >= 4 is 10.9 Å². The number of nitrogens with zero attached hydrogens (tertiary/aromatic N) is 1. The molecule has 0 saturated heterocycles. The van der Waals surface area contributed by atoms with Gasteiger partial charge in [-0.15, -0.1) is 0 Å². The fraction of sp³-hybridized carbons (Fsp3) is 0.167. The number of halogens is 1. The van der Waals surface area contributed by atoms with Crippen molar-refractivity contribution in [3.8, 4) is 0 Å². The van der Waals surface area contributed by atoms with Gasteiger partial charge in [-0.2, -0.15) is 0 Å². The number of para-hydroxylation sites is 1. The Morgan fingerprint density at radius 2 is 1.86 bits per heavy atom. The highest BCUT2D eigenvalue weighted by molar-refractivity contribution is 5.79. The number of hydrogen-bond acceptors (Lipinski definition) is 2. The fourth-order valence-electron chi connectivity index (χ4n) is 2.70. The first-order valence-corrected chi connectivity index (χ1v) is 6.96. The number of nitrogens with one attached hydrogen (secondary N) is 1. The summed E-state index contributed by atoms with van der Waals surface area (Å²) in [5.74, 6) is -0.209. The Labute approximate surface area is 123 Å². The lowest BCUT2D eigenvalue weighted by molar-refractivity contribution is 0.615. The molecule has 0 aliphatic heterocycles. The number of pyridine rings is 1. The molecule has 0 spiro atoms. The van der Waals surface area contributed by atoms with Crippen LogP contribution in [-0.4, -0.2) is 12.0 Å². The molecular formula is C18H17FN2. The van der Waals surface area contributed by atoms with Crippen LogP contribution in [0.25, 0.3) is 10.9 Å². The van der Waals surface area contributed by atoms with Crippen molar-refractivity contribution in [3.63, 3.8) is 0 Å². The lowest BCUT2D eigenvalue weighted by atomic mass is 9.97. The average Bonchev–Trinajstić information content (AvgIpc) is 2.47. The highest BCUT2D eigenvalue weighted by Gasteiger charge is 2.14. The SMILES string of the molecule is CNC(c1cc(C)cc(F)c1)c1cnc2ccccc2c1. The van der Waals surface area contributed by atoms with E-state index in [0.717, 1.165) is 27.6 Å². The molecule has 1 aromatic heterocycles. The Hall–Kier alpha value is -2.26. The summed E-state index contributed by atoms with van der Waals surface area (Å²) in [7, 11) is 1.88. The molecule has 3 rings (SSSR count). The van der Waals surface area contributed by atoms with Gasteiger partial charge in [-0.05, 0) is 54.9 Å². The summed E-state index contributed by atoms with van der Waals surface area (Å²) in [6.45, 7) is 1.90. The topological polar surface area (TPSA) is 24.9 Å². The maximum Gasteiger partial charge on any atom is 0.123 e. The maximum absolute atomic E-state index is 13.6. The molecule has 0 radical (unpaired) electrons. The Morgan fingerprint density at radius 1 is 1.05 bits per heavy atom. The van der Waals surface area contributed by atoms with Gasteiger partial charge in [0.2, 0.25) is 0 Å². The van der Waals surface area contributed by atoms with Gasteiger partial charge in [0.05, 0.1) is 11.6 Å². The van der Waals surface area contributed by atoms with Crippen LogP contribution in [-0.2, 0) is 0 Å². The van der Waals surface area contributed by atoms with E-state index < -0.39 is 0 Å². The molecule has 3 aromatic rings. The number of aromatic nitrogens is 1. The van der Waals surface area contributed by atoms with E-state index >= 15 is 0 Å². The molecule has 1 N–H and O–H groups in total. The smallest absolute Gasteiger partial charge is 0.123 e. The van der Waals surface area contributed by atoms with Gasteiger partial charge in [0, 0.05) is 11.6 Å². The summed E-state index contributed by atoms with van der Waals surface area (Å²) in [5.41, 5.74) is 3.82. The predicted octanol–water partition coefficient (Wildman–Crippen LogP) is 3.99. The molecule has 21 heavy (non-hydrogen) atoms. The second kappa shape index (κ2) is 5.62. The minimum Gasteiger partial charge on any atom is -0.309 e. The molecule has 0 aliphatic rings. The normalized spacial score (nSPS) is 12.5. The molecule has 1 atom stereocenters. The van der Waals surface area contributed by atoms with E-state index in [1.165, 1.54) is 6.07 Å². The third-order valence-electron chi connectivity index (χ3n) is 3.63. The van der Waals surface area contributed by atoms with E-state index in [-0.39, 0.29) is 11.9 Å². The third kappa shape index (κ3) is 2.78. The van der Waals surface area contributed by atoms with E-state index in [1.54, 1.807) is 6.07 Å². The van der Waals surface area contributed by atoms with Crippen LogP contribution in [0.3, 0.4) is 0 Å². The Bertz CT molecular complexity index is 763. The van der Waals surface area contributed by atoms with E-state index in [1.807, 2.05) is 50.5 Å². The average molecular weight is 280 g/mol. The molecule has 106 valence electrons. The standard InChI is InChI=1S/C18H17FN2/c1-12-7-14(10-16(19)8-12)18(20-2)15-9-13-5-3-4-6-17(13)21-11-15/h3-11,18,20H,1-2H3. The maximum atomic E-state index is 13.6. The molecule has 3 heteroatoms. The number of fused-ring (bicyclic) bond motifs is 1. The molecule has 0 fully saturated rings. The zero-order chi connectivity index (χ0) is 14.8. The first-order chi connectivity index (χ1) is 10.2. The van der Waals surface area contributed by atoms with Gasteiger partial charge in [-0.3, -0.25) is 4.98 Å². The largest absolute Gasteiger partial charge is 0.309 e. The van der Waals surface area contributed by atoms with Gasteiger partial charge in [0.1, 0.15) is 5.82 Å². The zero-order valence-electron chi connectivity index (χ0n) is 12.1. The summed E-state index contributed by atoms with van der Waals surface area (Å²) in [6.07, 6.45) is 1.85. The summed E-state index contributed by atoms with van der Waals surface area (Å²) in [5, 5.41) is 4.33. The van der Waals surface area contributed by atoms with Gasteiger partial charge in [0.25, 0.3) is 0 Å². The van der Waals surface area contributed by atoms with Crippen molar-refractivity contribution in [2.75, 3.05) is 7.05 Å². The van der Waals surface area contributed by atoms with Crippen molar-refractivity contribution in [3.05, 3.63) is 77.2 Å². The van der Waals surface area contributed by atoms with Gasteiger partial charge < -0.3 is 5.32 Å². The summed E-state index contributed by atoms with van der Waals surface area (Å²) >= 11 is 0. The molecular weight excluding hydrogens is 263 g/mol. The van der Waals surface area contributed by atoms with Gasteiger partial charge in [0.15, 0.2) is 0 Å². The molecule has 1 heterocycles. The second-order valence-electron chi connectivity index (χ2n) is 5.24. The van der Waals surface area contributed by atoms with E-state index in [4.69, 9.17) is 0 Å². The van der Waals surface area contributed by atoms with Gasteiger partial charge in [-0.25, -0.2) is 4.39 Å². The van der Waals surface area contributed by atoms with Gasteiger partial charge >= 0.3 is 0 Å². The molecule has 1 unspecified atom stereocenters. The zero-order valence-corrected chi connectivity index (χ0v) is 12.1. The third-order valence-corrected chi connectivity index (χ3v) is 3.63. The second-order valence-corrected chi connectivity index (χ2v) is 5.24. The highest BCUT2D eigenvalue weighted by atomic mass is 19.1. The lowest BCUT2D eigenvalue weighted by Crippen LogP contribution is -2.18. The van der Waals surface area contributed by atoms with Crippen molar-refractivity contribution in [1.82, 2.24) is 10.3 Å². The minimum absolute atomic E-state index is 0.0727. The first-order valence-electron chi connectivity index (χ1n) is 6.96. The lowest BCUT2D eigenvalue weighted by Gasteiger charge is -2.18. The van der Waals surface area contributed by atoms with Crippen LogP contribution in [0.4, 0.5) is 4.39 Å². The van der Waals surface area contributed by atoms with Crippen LogP contribution < -0.4 is 5.32 Å². The van der Waals surface area contributed by atoms with Crippen LogP contribution in [0, 0.1) is 12.7 Å². The monoisotopic (exact) mass is 280 g/mol. The Morgan fingerprint density at radius 3 is 2.62 bits per heavy atom. The number of aryl methyl sites for hydroxylation is 1. The van der Waals surface area contributed by atoms with E-state index in [0.29, 0.717) is 0 Å². The molecule has 0 saturated carbocycles. The number of rotatable bonds is 3. The summed E-state index contributed by atoms with van der Waals surface area (Å²) in [4.78, 5) is 4.49. The van der Waals surface area contributed by atoms with Gasteiger partial charge in [-0.1, -0.05) is 24.3 Å². The van der Waals surface area contributed by atoms with Crippen molar-refractivity contribution in [2.45, 2.75) is 13.0 Å². The van der Waals surface area contributed by atoms with Crippen LogP contribution in [0.15, 0.2) is 54.7 Å². The molecule has 0 amide bonds. The molecule has 0 aliphatic carbocycles. The van der Waals surface area contributed by atoms with Crippen molar-refractivity contribution < 1.29 is 4.39 Å². The van der Waals surface area contributed by atoms with Crippen LogP contribution >= 0.6 is 0 Å². The minimum atomic E-state index is -0.209.